The number of hydrogen-bond donors (Lipinski definition) is 2. The van der Waals surface area contributed by atoms with E-state index in [4.69, 9.17) is 0 Å². The molecule has 0 aliphatic rings. The van der Waals surface area contributed by atoms with Gasteiger partial charge in [-0.25, -0.2) is 4.79 Å². The molecule has 1 aromatic heterocycles. The highest BCUT2D eigenvalue weighted by atomic mass is 28.3. The molecule has 100 valence electrons. The number of ether oxygens (including phenoxy) is 1. The highest BCUT2D eigenvalue weighted by Gasteiger charge is 2.23. The molecule has 0 aliphatic heterocycles. The maximum atomic E-state index is 11.4. The second-order valence-electron chi connectivity index (χ2n) is 5.35. The largest absolute Gasteiger partial charge is 0.507 e. The monoisotopic (exact) mass is 270 g/mol. The van der Waals surface area contributed by atoms with Crippen LogP contribution >= 0.6 is 0 Å². The van der Waals surface area contributed by atoms with E-state index < -0.39 is 21.2 Å². The SMILES string of the molecule is COC(=O)c1cc(B(O)O)n(CC[Si](C)(C)C)n1. The summed E-state index contributed by atoms with van der Waals surface area (Å²) in [4.78, 5) is 11.4. The number of hydrogen-bond acceptors (Lipinski definition) is 5. The number of esters is 1. The van der Waals surface area contributed by atoms with Gasteiger partial charge >= 0.3 is 13.1 Å². The lowest BCUT2D eigenvalue weighted by atomic mass is 9.86. The number of aromatic nitrogens is 2. The minimum absolute atomic E-state index is 0.0937. The summed E-state index contributed by atoms with van der Waals surface area (Å²) in [7, 11) is -1.64. The van der Waals surface area contributed by atoms with Crippen LogP contribution in [-0.2, 0) is 11.3 Å². The van der Waals surface area contributed by atoms with E-state index in [1.807, 2.05) is 0 Å². The molecule has 0 radical (unpaired) electrons. The molecule has 2 N–H and O–H groups in total. The first-order valence-corrected chi connectivity index (χ1v) is 9.47. The van der Waals surface area contributed by atoms with Gasteiger partial charge in [-0.05, 0) is 12.1 Å². The first-order valence-electron chi connectivity index (χ1n) is 5.77. The normalized spacial score (nSPS) is 11.4. The van der Waals surface area contributed by atoms with E-state index in [1.165, 1.54) is 17.9 Å². The van der Waals surface area contributed by atoms with E-state index >= 15 is 0 Å². The lowest BCUT2D eigenvalue weighted by Crippen LogP contribution is -2.37. The molecular formula is C10H19BN2O4Si. The number of aryl methyl sites for hydroxylation is 1. The fraction of sp³-hybridized carbons (Fsp3) is 0.600. The molecule has 1 rings (SSSR count). The summed E-state index contributed by atoms with van der Waals surface area (Å²) < 4.78 is 6.03. The van der Waals surface area contributed by atoms with Gasteiger partial charge in [-0.2, -0.15) is 5.10 Å². The van der Waals surface area contributed by atoms with Crippen LogP contribution in [0.3, 0.4) is 0 Å². The van der Waals surface area contributed by atoms with Crippen LogP contribution in [0.4, 0.5) is 0 Å². The number of methoxy groups -OCH3 is 1. The molecule has 0 saturated heterocycles. The van der Waals surface area contributed by atoms with E-state index in [0.29, 0.717) is 6.54 Å². The lowest BCUT2D eigenvalue weighted by molar-refractivity contribution is 0.0593. The minimum Gasteiger partial charge on any atom is -0.464 e. The Hall–Kier alpha value is -1.12. The Morgan fingerprint density at radius 3 is 2.56 bits per heavy atom. The molecule has 0 saturated carbocycles. The van der Waals surface area contributed by atoms with Crippen molar-refractivity contribution < 1.29 is 19.6 Å². The van der Waals surface area contributed by atoms with E-state index in [-0.39, 0.29) is 11.3 Å². The molecule has 0 aliphatic carbocycles. The van der Waals surface area contributed by atoms with E-state index in [0.717, 1.165) is 6.04 Å². The van der Waals surface area contributed by atoms with Crippen molar-refractivity contribution in [2.24, 2.45) is 0 Å². The van der Waals surface area contributed by atoms with Gasteiger partial charge in [-0.1, -0.05) is 19.6 Å². The third-order valence-electron chi connectivity index (χ3n) is 2.54. The maximum absolute atomic E-state index is 11.4. The van der Waals surface area contributed by atoms with Gasteiger partial charge in [0.15, 0.2) is 5.69 Å². The summed E-state index contributed by atoms with van der Waals surface area (Å²) >= 11 is 0. The van der Waals surface area contributed by atoms with Crippen LogP contribution in [0.1, 0.15) is 10.5 Å². The molecule has 0 spiro atoms. The standard InChI is InChI=1S/C10H19BN2O4Si/c1-17-10(14)8-7-9(11(15)16)13(12-8)5-6-18(2,3)4/h7,15-16H,5-6H2,1-4H3. The predicted octanol–water partition coefficient (Wildman–Crippen LogP) is -0.312. The van der Waals surface area contributed by atoms with Crippen LogP contribution in [0.2, 0.25) is 25.7 Å². The van der Waals surface area contributed by atoms with Crippen LogP contribution in [0.15, 0.2) is 6.07 Å². The summed E-state index contributed by atoms with van der Waals surface area (Å²) in [6, 6.07) is 2.29. The van der Waals surface area contributed by atoms with Crippen molar-refractivity contribution in [3.05, 3.63) is 11.8 Å². The summed E-state index contributed by atoms with van der Waals surface area (Å²) in [6.45, 7) is 7.21. The molecule has 18 heavy (non-hydrogen) atoms. The second-order valence-corrected chi connectivity index (χ2v) is 11.0. The van der Waals surface area contributed by atoms with Crippen LogP contribution in [0, 0.1) is 0 Å². The zero-order valence-corrected chi connectivity index (χ0v) is 12.2. The Morgan fingerprint density at radius 1 is 1.50 bits per heavy atom. The molecule has 0 atom stereocenters. The third kappa shape index (κ3) is 3.97. The van der Waals surface area contributed by atoms with E-state index in [1.54, 1.807) is 0 Å². The number of carbonyl (C=O) groups excluding carboxylic acids is 1. The lowest BCUT2D eigenvalue weighted by Gasteiger charge is -2.16. The molecule has 6 nitrogen and oxygen atoms in total. The van der Waals surface area contributed by atoms with Crippen molar-refractivity contribution in [2.75, 3.05) is 7.11 Å². The number of carbonyl (C=O) groups is 1. The Bertz CT molecular complexity index is 428. The summed E-state index contributed by atoms with van der Waals surface area (Å²) in [5, 5.41) is 22.6. The van der Waals surface area contributed by atoms with Gasteiger partial charge in [0.05, 0.1) is 12.7 Å². The third-order valence-corrected chi connectivity index (χ3v) is 4.27. The van der Waals surface area contributed by atoms with Crippen molar-refractivity contribution in [2.45, 2.75) is 32.2 Å². The molecule has 0 bridgehead atoms. The van der Waals surface area contributed by atoms with Crippen molar-refractivity contribution in [3.8, 4) is 0 Å². The van der Waals surface area contributed by atoms with Gasteiger partial charge in [0.2, 0.25) is 0 Å². The summed E-state index contributed by atoms with van der Waals surface area (Å²) in [5.41, 5.74) is 0.310. The molecule has 0 aromatic carbocycles. The van der Waals surface area contributed by atoms with Crippen LogP contribution in [0.5, 0.6) is 0 Å². The highest BCUT2D eigenvalue weighted by molar-refractivity contribution is 6.76. The molecule has 8 heteroatoms. The Labute approximate surface area is 108 Å². The molecular weight excluding hydrogens is 251 g/mol. The smallest absolute Gasteiger partial charge is 0.464 e. The Morgan fingerprint density at radius 2 is 2.11 bits per heavy atom. The Balaban J connectivity index is 2.94. The maximum Gasteiger partial charge on any atom is 0.507 e. The van der Waals surface area contributed by atoms with E-state index in [9.17, 15) is 14.8 Å². The van der Waals surface area contributed by atoms with Gasteiger partial charge in [-0.15, -0.1) is 0 Å². The van der Waals surface area contributed by atoms with Gasteiger partial charge in [0.1, 0.15) is 0 Å². The molecule has 1 aromatic rings. The van der Waals surface area contributed by atoms with Gasteiger partial charge < -0.3 is 14.8 Å². The summed E-state index contributed by atoms with van der Waals surface area (Å²) in [5.74, 6) is -0.580. The van der Waals surface area contributed by atoms with Gasteiger partial charge in [0, 0.05) is 14.6 Å². The second kappa shape index (κ2) is 5.68. The Kier molecular flexibility index (Phi) is 4.72. The fourth-order valence-corrected chi connectivity index (χ4v) is 2.35. The topological polar surface area (TPSA) is 84.6 Å². The molecule has 0 unspecified atom stereocenters. The van der Waals surface area contributed by atoms with Crippen molar-refractivity contribution in [3.63, 3.8) is 0 Å². The average molecular weight is 270 g/mol. The van der Waals surface area contributed by atoms with Gasteiger partial charge in [-0.3, -0.25) is 4.68 Å². The highest BCUT2D eigenvalue weighted by Crippen LogP contribution is 2.09. The molecule has 1 heterocycles. The average Bonchev–Trinajstić information content (AvgIpc) is 2.68. The number of nitrogens with zero attached hydrogens (tertiary/aromatic N) is 2. The first kappa shape index (κ1) is 14.9. The van der Waals surface area contributed by atoms with Gasteiger partial charge in [0.25, 0.3) is 0 Å². The minimum atomic E-state index is -1.64. The zero-order chi connectivity index (χ0) is 13.9. The zero-order valence-electron chi connectivity index (χ0n) is 11.2. The van der Waals surface area contributed by atoms with Crippen molar-refractivity contribution >= 4 is 26.8 Å². The van der Waals surface area contributed by atoms with Crippen LogP contribution in [-0.4, -0.2) is 48.1 Å². The predicted molar refractivity (Wildman–Crippen MR) is 71.5 cm³/mol. The van der Waals surface area contributed by atoms with Crippen LogP contribution in [0.25, 0.3) is 0 Å². The summed E-state index contributed by atoms with van der Waals surface area (Å²) in [6.07, 6.45) is 0. The molecule has 0 fully saturated rings. The van der Waals surface area contributed by atoms with Crippen molar-refractivity contribution in [1.29, 1.82) is 0 Å². The molecule has 0 amide bonds. The van der Waals surface area contributed by atoms with E-state index in [2.05, 4.69) is 29.5 Å². The van der Waals surface area contributed by atoms with Crippen LogP contribution < -0.4 is 5.59 Å². The van der Waals surface area contributed by atoms with Crippen molar-refractivity contribution in [1.82, 2.24) is 9.78 Å². The quantitative estimate of drug-likeness (QED) is 0.566. The number of rotatable bonds is 5. The first-order chi connectivity index (χ1) is 8.24. The fourth-order valence-electron chi connectivity index (χ4n) is 1.46.